The molecular formula is C23H24FN3O2S. The Bertz CT molecular complexity index is 1070. The Balaban J connectivity index is 1.40. The third-order valence-corrected chi connectivity index (χ3v) is 7.26. The Labute approximate surface area is 178 Å². The van der Waals surface area contributed by atoms with Crippen molar-refractivity contribution in [3.8, 4) is 0 Å². The van der Waals surface area contributed by atoms with Gasteiger partial charge in [-0.3, -0.25) is 4.79 Å². The highest BCUT2D eigenvalue weighted by molar-refractivity contribution is 7.22. The molecule has 1 saturated carbocycles. The average Bonchev–Trinajstić information content (AvgIpc) is 3.42. The van der Waals surface area contributed by atoms with E-state index in [1.165, 1.54) is 12.1 Å². The Kier molecular flexibility index (Phi) is 5.16. The van der Waals surface area contributed by atoms with E-state index in [2.05, 4.69) is 10.2 Å². The first-order valence-corrected chi connectivity index (χ1v) is 11.3. The molecule has 7 heteroatoms. The fourth-order valence-electron chi connectivity index (χ4n) is 4.54. The van der Waals surface area contributed by atoms with Crippen molar-refractivity contribution in [3.05, 3.63) is 53.8 Å². The van der Waals surface area contributed by atoms with Gasteiger partial charge in [-0.2, -0.15) is 0 Å². The minimum absolute atomic E-state index is 0.0529. The molecule has 0 atom stereocenters. The maximum Gasteiger partial charge on any atom is 0.235 e. The van der Waals surface area contributed by atoms with Crippen LogP contribution < -0.4 is 10.2 Å². The lowest BCUT2D eigenvalue weighted by Crippen LogP contribution is -2.38. The number of nitrogens with one attached hydrogen (secondary N) is 1. The molecule has 1 aromatic heterocycles. The van der Waals surface area contributed by atoms with Crippen molar-refractivity contribution in [2.24, 2.45) is 0 Å². The monoisotopic (exact) mass is 425 g/mol. The third-order valence-electron chi connectivity index (χ3n) is 6.19. The van der Waals surface area contributed by atoms with Gasteiger partial charge in [0.05, 0.1) is 28.8 Å². The molecule has 1 aliphatic heterocycles. The zero-order chi connectivity index (χ0) is 20.6. The second-order valence-electron chi connectivity index (χ2n) is 8.03. The lowest BCUT2D eigenvalue weighted by molar-refractivity contribution is -0.121. The van der Waals surface area contributed by atoms with Gasteiger partial charge < -0.3 is 15.0 Å². The number of rotatable bonds is 4. The van der Waals surface area contributed by atoms with Crippen LogP contribution in [0.2, 0.25) is 0 Å². The fourth-order valence-corrected chi connectivity index (χ4v) is 5.60. The highest BCUT2D eigenvalue weighted by atomic mass is 32.1. The van der Waals surface area contributed by atoms with E-state index in [1.54, 1.807) is 17.4 Å². The molecule has 3 aromatic rings. The number of fused-ring (bicyclic) bond motifs is 1. The molecule has 1 amide bonds. The average molecular weight is 426 g/mol. The molecule has 1 aliphatic carbocycles. The van der Waals surface area contributed by atoms with Gasteiger partial charge in [0.15, 0.2) is 5.13 Å². The minimum atomic E-state index is -0.663. The summed E-state index contributed by atoms with van der Waals surface area (Å²) in [5.74, 6) is -0.351. The molecule has 1 N–H and O–H groups in total. The summed E-state index contributed by atoms with van der Waals surface area (Å²) in [6.07, 6.45) is 3.43. The fraction of sp³-hybridized carbons (Fsp3) is 0.391. The Morgan fingerprint density at radius 3 is 2.70 bits per heavy atom. The number of nitrogens with zero attached hydrogens (tertiary/aromatic N) is 2. The molecule has 0 spiro atoms. The first kappa shape index (κ1) is 19.5. The first-order valence-electron chi connectivity index (χ1n) is 10.4. The number of morpholine rings is 1. The van der Waals surface area contributed by atoms with Crippen LogP contribution in [0.1, 0.15) is 31.2 Å². The van der Waals surface area contributed by atoms with Crippen LogP contribution in [0.15, 0.2) is 42.5 Å². The van der Waals surface area contributed by atoms with Gasteiger partial charge in [0.1, 0.15) is 5.82 Å². The number of amides is 1. The number of hydrogen-bond donors (Lipinski definition) is 1. The lowest BCUT2D eigenvalue weighted by Gasteiger charge is -2.28. The van der Waals surface area contributed by atoms with E-state index >= 15 is 0 Å². The van der Waals surface area contributed by atoms with Crippen LogP contribution in [0.4, 0.5) is 15.2 Å². The number of ether oxygens (including phenoxy) is 1. The molecule has 1 saturated heterocycles. The Hall–Kier alpha value is -2.51. The number of halogens is 1. The summed E-state index contributed by atoms with van der Waals surface area (Å²) in [7, 11) is 0. The van der Waals surface area contributed by atoms with E-state index in [0.29, 0.717) is 0 Å². The molecule has 2 fully saturated rings. The zero-order valence-corrected chi connectivity index (χ0v) is 17.5. The summed E-state index contributed by atoms with van der Waals surface area (Å²) >= 11 is 1.63. The van der Waals surface area contributed by atoms with Crippen molar-refractivity contribution in [2.75, 3.05) is 36.5 Å². The van der Waals surface area contributed by atoms with Crippen LogP contribution >= 0.6 is 11.3 Å². The number of carbonyl (C=O) groups excluding carboxylic acids is 1. The summed E-state index contributed by atoms with van der Waals surface area (Å²) in [5.41, 5.74) is 1.79. The maximum absolute atomic E-state index is 13.9. The van der Waals surface area contributed by atoms with Crippen molar-refractivity contribution in [1.82, 2.24) is 4.98 Å². The lowest BCUT2D eigenvalue weighted by atomic mass is 9.78. The largest absolute Gasteiger partial charge is 0.378 e. The van der Waals surface area contributed by atoms with Gasteiger partial charge >= 0.3 is 0 Å². The minimum Gasteiger partial charge on any atom is -0.378 e. The van der Waals surface area contributed by atoms with Crippen molar-refractivity contribution >= 4 is 38.3 Å². The SMILES string of the molecule is O=C(Nc1ccc2nc(N3CCOCC3)sc2c1)C1(c2cccc(F)c2)CCCC1. The van der Waals surface area contributed by atoms with Crippen molar-refractivity contribution in [2.45, 2.75) is 31.1 Å². The van der Waals surface area contributed by atoms with E-state index in [0.717, 1.165) is 78.6 Å². The van der Waals surface area contributed by atoms with Crippen LogP contribution in [0.5, 0.6) is 0 Å². The molecule has 2 heterocycles. The summed E-state index contributed by atoms with van der Waals surface area (Å²) in [4.78, 5) is 20.3. The number of thiazole rings is 1. The Morgan fingerprint density at radius 1 is 1.13 bits per heavy atom. The van der Waals surface area contributed by atoms with Crippen molar-refractivity contribution in [1.29, 1.82) is 0 Å². The number of anilines is 2. The molecule has 0 unspecified atom stereocenters. The van der Waals surface area contributed by atoms with Gasteiger partial charge in [-0.1, -0.05) is 36.3 Å². The molecule has 5 nitrogen and oxygen atoms in total. The Morgan fingerprint density at radius 2 is 1.93 bits per heavy atom. The molecule has 156 valence electrons. The van der Waals surface area contributed by atoms with E-state index in [9.17, 15) is 9.18 Å². The van der Waals surface area contributed by atoms with Gasteiger partial charge in [-0.15, -0.1) is 0 Å². The number of aromatic nitrogens is 1. The smallest absolute Gasteiger partial charge is 0.235 e. The van der Waals surface area contributed by atoms with Crippen molar-refractivity contribution in [3.63, 3.8) is 0 Å². The predicted octanol–water partition coefficient (Wildman–Crippen LogP) is 4.72. The maximum atomic E-state index is 13.9. The molecular weight excluding hydrogens is 401 g/mol. The summed E-state index contributed by atoms with van der Waals surface area (Å²) in [6.45, 7) is 3.14. The van der Waals surface area contributed by atoms with E-state index in [-0.39, 0.29) is 11.7 Å². The molecule has 5 rings (SSSR count). The molecule has 0 radical (unpaired) electrons. The standard InChI is InChI=1S/C23H24FN3O2S/c24-17-5-3-4-16(14-17)23(8-1-2-9-23)21(28)25-18-6-7-19-20(15-18)30-22(26-19)27-10-12-29-13-11-27/h3-7,14-15H,1-2,8-13H2,(H,25,28). The van der Waals surface area contributed by atoms with Crippen LogP contribution in [0.3, 0.4) is 0 Å². The second-order valence-corrected chi connectivity index (χ2v) is 9.04. The molecule has 0 bridgehead atoms. The van der Waals surface area contributed by atoms with E-state index < -0.39 is 5.41 Å². The van der Waals surface area contributed by atoms with Gasteiger partial charge in [0.25, 0.3) is 0 Å². The third kappa shape index (κ3) is 3.56. The molecule has 2 aliphatic rings. The second kappa shape index (κ2) is 7.96. The van der Waals surface area contributed by atoms with Crippen LogP contribution in [0, 0.1) is 5.82 Å². The van der Waals surface area contributed by atoms with Crippen LogP contribution in [-0.2, 0) is 14.9 Å². The van der Waals surface area contributed by atoms with Gasteiger partial charge in [0.2, 0.25) is 5.91 Å². The van der Waals surface area contributed by atoms with Gasteiger partial charge in [-0.05, 0) is 48.7 Å². The highest BCUT2D eigenvalue weighted by Crippen LogP contribution is 2.42. The predicted molar refractivity (Wildman–Crippen MR) is 118 cm³/mol. The summed E-state index contributed by atoms with van der Waals surface area (Å²) < 4.78 is 20.3. The van der Waals surface area contributed by atoms with Crippen LogP contribution in [0.25, 0.3) is 10.2 Å². The zero-order valence-electron chi connectivity index (χ0n) is 16.7. The molecule has 30 heavy (non-hydrogen) atoms. The quantitative estimate of drug-likeness (QED) is 0.657. The highest BCUT2D eigenvalue weighted by Gasteiger charge is 2.42. The van der Waals surface area contributed by atoms with Gasteiger partial charge in [-0.25, -0.2) is 9.37 Å². The number of hydrogen-bond acceptors (Lipinski definition) is 5. The van der Waals surface area contributed by atoms with Crippen molar-refractivity contribution < 1.29 is 13.9 Å². The molecule has 2 aromatic carbocycles. The summed E-state index contributed by atoms with van der Waals surface area (Å²) in [6, 6.07) is 12.3. The van der Waals surface area contributed by atoms with E-state index in [4.69, 9.17) is 9.72 Å². The normalized spacial score (nSPS) is 18.6. The summed E-state index contributed by atoms with van der Waals surface area (Å²) in [5, 5.41) is 4.10. The topological polar surface area (TPSA) is 54.5 Å². The number of benzene rings is 2. The number of carbonyl (C=O) groups is 1. The van der Waals surface area contributed by atoms with Gasteiger partial charge in [0, 0.05) is 18.8 Å². The van der Waals surface area contributed by atoms with E-state index in [1.807, 2.05) is 24.3 Å². The van der Waals surface area contributed by atoms with Crippen LogP contribution in [-0.4, -0.2) is 37.2 Å². The first-order chi connectivity index (χ1) is 14.6.